The highest BCUT2D eigenvalue weighted by atomic mass is 16.5. The predicted octanol–water partition coefficient (Wildman–Crippen LogP) is 3.87. The minimum atomic E-state index is -0.765. The van der Waals surface area contributed by atoms with Crippen molar-refractivity contribution in [2.24, 2.45) is 5.41 Å². The van der Waals surface area contributed by atoms with Gasteiger partial charge in [-0.1, -0.05) is 19.0 Å². The van der Waals surface area contributed by atoms with Crippen LogP contribution in [0.15, 0.2) is 22.9 Å². The van der Waals surface area contributed by atoms with Crippen LogP contribution in [-0.2, 0) is 19.3 Å². The summed E-state index contributed by atoms with van der Waals surface area (Å²) in [6.45, 7) is 8.32. The van der Waals surface area contributed by atoms with Gasteiger partial charge < -0.3 is 20.1 Å². The molecule has 1 aromatic carbocycles. The maximum Gasteiger partial charge on any atom is 0.260 e. The fraction of sp³-hybridized carbons (Fsp3) is 0.480. The van der Waals surface area contributed by atoms with Gasteiger partial charge in [0, 0.05) is 25.2 Å². The molecule has 0 bridgehead atoms. The first kappa shape index (κ1) is 22.4. The highest BCUT2D eigenvalue weighted by molar-refractivity contribution is 5.68. The van der Waals surface area contributed by atoms with Crippen molar-refractivity contribution >= 4 is 5.82 Å². The molecule has 3 N–H and O–H groups in total. The standard InChI is InChI=1S/C25H32N4O3/c1-14-8-16(9-15(2)19(14)10-17(31)13-30)22-28-24(32-29-22)21-12-27-23(26-5)20-11-25(3,4)7-6-18(20)21/h8-9,12,17,30-31H,6-7,10-11,13H2,1-5H3,(H,26,27). The number of aromatic nitrogens is 3. The molecular formula is C25H32N4O3. The second-order valence-corrected chi connectivity index (χ2v) is 9.62. The summed E-state index contributed by atoms with van der Waals surface area (Å²) in [6, 6.07) is 4.00. The summed E-state index contributed by atoms with van der Waals surface area (Å²) >= 11 is 0. The SMILES string of the molecule is CNc1ncc(-c2nc(-c3cc(C)c(CC(O)CO)c(C)c3)no2)c2c1CC(C)(C)CC2. The molecule has 0 aliphatic heterocycles. The number of anilines is 1. The van der Waals surface area contributed by atoms with E-state index in [1.807, 2.05) is 39.2 Å². The summed E-state index contributed by atoms with van der Waals surface area (Å²) in [5, 5.41) is 26.5. The number of hydrogen-bond donors (Lipinski definition) is 3. The van der Waals surface area contributed by atoms with Gasteiger partial charge in [0.15, 0.2) is 0 Å². The minimum absolute atomic E-state index is 0.235. The van der Waals surface area contributed by atoms with Gasteiger partial charge in [-0.2, -0.15) is 4.98 Å². The first-order valence-electron chi connectivity index (χ1n) is 11.1. The van der Waals surface area contributed by atoms with E-state index in [1.165, 1.54) is 11.1 Å². The van der Waals surface area contributed by atoms with Crippen molar-refractivity contribution in [3.8, 4) is 22.8 Å². The molecule has 0 fully saturated rings. The molecule has 3 aromatic rings. The van der Waals surface area contributed by atoms with Gasteiger partial charge >= 0.3 is 0 Å². The van der Waals surface area contributed by atoms with Gasteiger partial charge in [-0.3, -0.25) is 0 Å². The number of benzene rings is 1. The lowest BCUT2D eigenvalue weighted by Gasteiger charge is -2.32. The molecule has 1 aliphatic rings. The van der Waals surface area contributed by atoms with E-state index in [0.29, 0.717) is 18.1 Å². The zero-order chi connectivity index (χ0) is 23.0. The van der Waals surface area contributed by atoms with Crippen molar-refractivity contribution in [3.63, 3.8) is 0 Å². The maximum absolute atomic E-state index is 9.84. The number of nitrogens with one attached hydrogen (secondary N) is 1. The highest BCUT2D eigenvalue weighted by Crippen LogP contribution is 2.41. The molecule has 1 unspecified atom stereocenters. The largest absolute Gasteiger partial charge is 0.394 e. The van der Waals surface area contributed by atoms with Crippen LogP contribution in [0.4, 0.5) is 5.82 Å². The van der Waals surface area contributed by atoms with Gasteiger partial charge in [-0.15, -0.1) is 0 Å². The van der Waals surface area contributed by atoms with Gasteiger partial charge in [0.1, 0.15) is 5.82 Å². The topological polar surface area (TPSA) is 104 Å². The van der Waals surface area contributed by atoms with E-state index in [1.54, 1.807) is 0 Å². The Morgan fingerprint density at radius 2 is 1.91 bits per heavy atom. The molecule has 4 rings (SSSR count). The molecule has 170 valence electrons. The molecule has 0 spiro atoms. The zero-order valence-corrected chi connectivity index (χ0v) is 19.5. The Hall–Kier alpha value is -2.77. The highest BCUT2D eigenvalue weighted by Gasteiger charge is 2.30. The first-order valence-corrected chi connectivity index (χ1v) is 11.1. The summed E-state index contributed by atoms with van der Waals surface area (Å²) in [5.74, 6) is 1.94. The molecule has 0 saturated heterocycles. The molecule has 2 aromatic heterocycles. The number of aliphatic hydroxyl groups excluding tert-OH is 2. The lowest BCUT2D eigenvalue weighted by atomic mass is 9.73. The van der Waals surface area contributed by atoms with Crippen molar-refractivity contribution < 1.29 is 14.7 Å². The van der Waals surface area contributed by atoms with Gasteiger partial charge in [0.2, 0.25) is 5.82 Å². The predicted molar refractivity (Wildman–Crippen MR) is 125 cm³/mol. The zero-order valence-electron chi connectivity index (χ0n) is 19.5. The lowest BCUT2D eigenvalue weighted by Crippen LogP contribution is -2.24. The van der Waals surface area contributed by atoms with Gasteiger partial charge in [0.25, 0.3) is 5.89 Å². The second-order valence-electron chi connectivity index (χ2n) is 9.62. The number of aryl methyl sites for hydroxylation is 2. The van der Waals surface area contributed by atoms with Crippen molar-refractivity contribution in [3.05, 3.63) is 46.1 Å². The summed E-state index contributed by atoms with van der Waals surface area (Å²) < 4.78 is 5.69. The second kappa shape index (κ2) is 8.64. The Kier molecular flexibility index (Phi) is 6.05. The first-order chi connectivity index (χ1) is 15.2. The van der Waals surface area contributed by atoms with E-state index in [-0.39, 0.29) is 12.0 Å². The van der Waals surface area contributed by atoms with E-state index >= 15 is 0 Å². The van der Waals surface area contributed by atoms with Crippen LogP contribution in [0.5, 0.6) is 0 Å². The molecule has 0 radical (unpaired) electrons. The summed E-state index contributed by atoms with van der Waals surface area (Å²) in [4.78, 5) is 9.34. The Balaban J connectivity index is 1.70. The van der Waals surface area contributed by atoms with E-state index in [2.05, 4.69) is 29.3 Å². The van der Waals surface area contributed by atoms with Crippen LogP contribution in [0.2, 0.25) is 0 Å². The molecule has 7 heteroatoms. The maximum atomic E-state index is 9.84. The number of rotatable bonds is 6. The molecular weight excluding hydrogens is 404 g/mol. The molecule has 1 atom stereocenters. The summed E-state index contributed by atoms with van der Waals surface area (Å²) in [6.07, 6.45) is 4.49. The average Bonchev–Trinajstić information content (AvgIpc) is 3.24. The van der Waals surface area contributed by atoms with Crippen LogP contribution in [-0.4, -0.2) is 45.1 Å². The third kappa shape index (κ3) is 4.27. The number of fused-ring (bicyclic) bond motifs is 1. The van der Waals surface area contributed by atoms with Crippen LogP contribution in [0, 0.1) is 19.3 Å². The fourth-order valence-electron chi connectivity index (χ4n) is 4.69. The summed E-state index contributed by atoms with van der Waals surface area (Å²) in [5.41, 5.74) is 7.56. The van der Waals surface area contributed by atoms with Crippen molar-refractivity contribution in [2.75, 3.05) is 19.0 Å². The third-order valence-electron chi connectivity index (χ3n) is 6.50. The van der Waals surface area contributed by atoms with Crippen LogP contribution in [0.25, 0.3) is 22.8 Å². The Morgan fingerprint density at radius 3 is 2.56 bits per heavy atom. The molecule has 0 amide bonds. The van der Waals surface area contributed by atoms with Crippen molar-refractivity contribution in [1.29, 1.82) is 0 Å². The summed E-state index contributed by atoms with van der Waals surface area (Å²) in [7, 11) is 1.91. The quantitative estimate of drug-likeness (QED) is 0.539. The van der Waals surface area contributed by atoms with E-state index in [9.17, 15) is 10.2 Å². The average molecular weight is 437 g/mol. The normalized spacial score (nSPS) is 16.0. The number of aliphatic hydroxyl groups is 2. The fourth-order valence-corrected chi connectivity index (χ4v) is 4.69. The van der Waals surface area contributed by atoms with Crippen LogP contribution < -0.4 is 5.32 Å². The van der Waals surface area contributed by atoms with Crippen LogP contribution in [0.1, 0.15) is 48.1 Å². The smallest absolute Gasteiger partial charge is 0.260 e. The lowest BCUT2D eigenvalue weighted by molar-refractivity contribution is 0.0953. The molecule has 0 saturated carbocycles. The van der Waals surface area contributed by atoms with Gasteiger partial charge in [-0.25, -0.2) is 4.98 Å². The van der Waals surface area contributed by atoms with E-state index in [0.717, 1.165) is 52.9 Å². The van der Waals surface area contributed by atoms with E-state index in [4.69, 9.17) is 9.51 Å². The van der Waals surface area contributed by atoms with Crippen molar-refractivity contribution in [1.82, 2.24) is 15.1 Å². The Labute approximate surface area is 188 Å². The van der Waals surface area contributed by atoms with Gasteiger partial charge in [-0.05, 0) is 78.5 Å². The molecule has 2 heterocycles. The molecule has 1 aliphatic carbocycles. The number of nitrogens with zero attached hydrogens (tertiary/aromatic N) is 3. The van der Waals surface area contributed by atoms with Crippen LogP contribution >= 0.6 is 0 Å². The monoisotopic (exact) mass is 436 g/mol. The number of pyridine rings is 1. The minimum Gasteiger partial charge on any atom is -0.394 e. The van der Waals surface area contributed by atoms with Crippen molar-refractivity contribution in [2.45, 2.75) is 59.5 Å². The van der Waals surface area contributed by atoms with E-state index < -0.39 is 6.10 Å². The Bertz CT molecular complexity index is 1110. The van der Waals surface area contributed by atoms with Gasteiger partial charge in [0.05, 0.1) is 18.3 Å². The molecule has 32 heavy (non-hydrogen) atoms. The Morgan fingerprint density at radius 1 is 1.19 bits per heavy atom. The third-order valence-corrected chi connectivity index (χ3v) is 6.50. The number of hydrogen-bond acceptors (Lipinski definition) is 7. The molecule has 7 nitrogen and oxygen atoms in total. The van der Waals surface area contributed by atoms with Crippen LogP contribution in [0.3, 0.4) is 0 Å².